The number of carbonyl (C=O) groups excluding carboxylic acids is 2. The number of aryl methyl sites for hydroxylation is 1. The summed E-state index contributed by atoms with van der Waals surface area (Å²) in [7, 11) is 0. The average molecular weight is 571 g/mol. The molecule has 7 heteroatoms. The Hall–Kier alpha value is -3.19. The second kappa shape index (κ2) is 11.5. The summed E-state index contributed by atoms with van der Waals surface area (Å²) in [5.74, 6) is 0.572. The van der Waals surface area contributed by atoms with Crippen LogP contribution in [-0.2, 0) is 19.7 Å². The Morgan fingerprint density at radius 2 is 1.60 bits per heavy atom. The van der Waals surface area contributed by atoms with Crippen molar-refractivity contribution in [3.8, 4) is 0 Å². The van der Waals surface area contributed by atoms with E-state index in [1.54, 1.807) is 20.8 Å². The minimum Gasteiger partial charge on any atom is -0.465 e. The highest BCUT2D eigenvalue weighted by Gasteiger charge is 2.46. The lowest BCUT2D eigenvalue weighted by Gasteiger charge is -2.46. The van der Waals surface area contributed by atoms with Crippen LogP contribution >= 0.6 is 0 Å². The Labute approximate surface area is 250 Å². The molecule has 3 atom stereocenters. The summed E-state index contributed by atoms with van der Waals surface area (Å²) in [6, 6.07) is 21.2. The van der Waals surface area contributed by atoms with E-state index >= 15 is 0 Å². The molecule has 3 fully saturated rings. The van der Waals surface area contributed by atoms with Crippen molar-refractivity contribution in [1.29, 1.82) is 0 Å². The van der Waals surface area contributed by atoms with Crippen molar-refractivity contribution in [2.45, 2.75) is 96.2 Å². The first-order chi connectivity index (χ1) is 20.2. The average Bonchev–Trinajstić information content (AvgIpc) is 3.46. The van der Waals surface area contributed by atoms with Gasteiger partial charge in [-0.2, -0.15) is 0 Å². The molecule has 0 saturated carbocycles. The minimum absolute atomic E-state index is 0.0273. The fourth-order valence-corrected chi connectivity index (χ4v) is 8.20. The molecule has 6 rings (SSSR count). The quantitative estimate of drug-likeness (QED) is 0.244. The van der Waals surface area contributed by atoms with Crippen LogP contribution in [0.2, 0.25) is 0 Å². The topological polar surface area (TPSA) is 67.7 Å². The number of aromatic nitrogens is 2. The number of hydrogen-bond donors (Lipinski definition) is 0. The van der Waals surface area contributed by atoms with E-state index < -0.39 is 11.4 Å². The van der Waals surface area contributed by atoms with E-state index in [1.807, 2.05) is 4.90 Å². The Morgan fingerprint density at radius 3 is 2.26 bits per heavy atom. The van der Waals surface area contributed by atoms with Gasteiger partial charge in [-0.05, 0) is 102 Å². The first kappa shape index (κ1) is 28.9. The molecule has 0 aliphatic carbocycles. The number of hydrogen-bond acceptors (Lipinski definition) is 5. The molecule has 3 aliphatic rings. The third kappa shape index (κ3) is 5.14. The zero-order chi connectivity index (χ0) is 29.5. The number of likely N-dealkylation sites (tertiary alicyclic amines) is 1. The first-order valence-corrected chi connectivity index (χ1v) is 15.9. The molecule has 3 aromatic rings. The molecule has 0 unspecified atom stereocenters. The lowest BCUT2D eigenvalue weighted by atomic mass is 9.70. The van der Waals surface area contributed by atoms with Crippen molar-refractivity contribution >= 4 is 22.9 Å². The van der Waals surface area contributed by atoms with Crippen LogP contribution in [0.15, 0.2) is 54.6 Å². The fraction of sp³-hybridized carbons (Fsp3) is 0.571. The smallest absolute Gasteiger partial charge is 0.321 e. The molecule has 224 valence electrons. The number of amides is 1. The highest BCUT2D eigenvalue weighted by molar-refractivity contribution is 6.01. The van der Waals surface area contributed by atoms with Crippen LogP contribution in [-0.4, -0.2) is 69.6 Å². The Bertz CT molecular complexity index is 1410. The van der Waals surface area contributed by atoms with Crippen LogP contribution in [0, 0.1) is 12.3 Å². The lowest BCUT2D eigenvalue weighted by molar-refractivity contribution is -0.163. The van der Waals surface area contributed by atoms with E-state index in [0.29, 0.717) is 31.2 Å². The van der Waals surface area contributed by atoms with Crippen molar-refractivity contribution in [1.82, 2.24) is 19.4 Å². The van der Waals surface area contributed by atoms with E-state index in [1.165, 1.54) is 36.8 Å². The van der Waals surface area contributed by atoms with Gasteiger partial charge in [-0.3, -0.25) is 14.5 Å². The Kier molecular flexibility index (Phi) is 7.90. The molecule has 3 saturated heterocycles. The molecule has 1 aromatic heterocycles. The van der Waals surface area contributed by atoms with Gasteiger partial charge in [-0.25, -0.2) is 4.98 Å². The minimum atomic E-state index is -1.16. The summed E-state index contributed by atoms with van der Waals surface area (Å²) in [6.45, 7) is 10.0. The third-order valence-corrected chi connectivity index (χ3v) is 10.6. The molecule has 0 spiro atoms. The molecule has 7 nitrogen and oxygen atoms in total. The van der Waals surface area contributed by atoms with E-state index in [-0.39, 0.29) is 17.9 Å². The van der Waals surface area contributed by atoms with Gasteiger partial charge in [0.05, 0.1) is 17.6 Å². The van der Waals surface area contributed by atoms with Crippen LogP contribution in [0.25, 0.3) is 11.0 Å². The monoisotopic (exact) mass is 570 g/mol. The third-order valence-electron chi connectivity index (χ3n) is 10.6. The molecular formula is C35H46N4O3. The summed E-state index contributed by atoms with van der Waals surface area (Å²) >= 11 is 0. The van der Waals surface area contributed by atoms with Gasteiger partial charge in [-0.1, -0.05) is 42.5 Å². The van der Waals surface area contributed by atoms with Crippen molar-refractivity contribution in [2.75, 3.05) is 26.2 Å². The van der Waals surface area contributed by atoms with Crippen LogP contribution in [0.4, 0.5) is 0 Å². The zero-order valence-electron chi connectivity index (χ0n) is 25.7. The standard InChI is InChI=1S/C35H46N4O3/c1-5-42-33(41)34(3,4)32(40)37-20-17-35(18-21-37,26-11-7-6-8-12-26)19-22-38-27-15-16-28(38)24-29(23-27)39-25(2)36-30-13-9-10-14-31(30)39/h6-14,27-29H,5,15-24H2,1-4H3/t27-,28+,29+. The molecule has 0 radical (unpaired) electrons. The normalized spacial score (nSPS) is 24.2. The molecule has 0 N–H and O–H groups in total. The first-order valence-electron chi connectivity index (χ1n) is 15.9. The Balaban J connectivity index is 1.16. The SMILES string of the molecule is CCOC(=O)C(C)(C)C(=O)N1CCC(CCN2[C@@H]3CC[C@H]2C[C@@H](n2c(C)nc4ccccc42)C3)(c2ccccc2)CC1. The summed E-state index contributed by atoms with van der Waals surface area (Å²) in [6.07, 6.45) is 7.82. The van der Waals surface area contributed by atoms with Gasteiger partial charge in [0, 0.05) is 31.2 Å². The van der Waals surface area contributed by atoms with Gasteiger partial charge < -0.3 is 14.2 Å². The van der Waals surface area contributed by atoms with Gasteiger partial charge in [0.15, 0.2) is 0 Å². The molecular weight excluding hydrogens is 524 g/mol. The number of ether oxygens (including phenoxy) is 1. The number of fused-ring (bicyclic) bond motifs is 3. The second-order valence-electron chi connectivity index (χ2n) is 13.3. The maximum absolute atomic E-state index is 13.4. The van der Waals surface area contributed by atoms with Gasteiger partial charge >= 0.3 is 5.97 Å². The van der Waals surface area contributed by atoms with E-state index in [9.17, 15) is 9.59 Å². The predicted molar refractivity (Wildman–Crippen MR) is 165 cm³/mol. The molecule has 42 heavy (non-hydrogen) atoms. The Morgan fingerprint density at radius 1 is 0.952 bits per heavy atom. The highest BCUT2D eigenvalue weighted by atomic mass is 16.5. The molecule has 2 bridgehead atoms. The van der Waals surface area contributed by atoms with E-state index in [2.05, 4.69) is 71.0 Å². The number of benzene rings is 2. The summed E-state index contributed by atoms with van der Waals surface area (Å²) in [5.41, 5.74) is 2.61. The zero-order valence-corrected chi connectivity index (χ0v) is 25.7. The van der Waals surface area contributed by atoms with Crippen molar-refractivity contribution in [2.24, 2.45) is 5.41 Å². The number of nitrogens with zero attached hydrogens (tertiary/aromatic N) is 4. The number of carbonyl (C=O) groups is 2. The molecule has 3 aliphatic heterocycles. The van der Waals surface area contributed by atoms with Gasteiger partial charge in [0.1, 0.15) is 11.2 Å². The van der Waals surface area contributed by atoms with Crippen molar-refractivity contribution in [3.05, 3.63) is 66.0 Å². The molecule has 2 aromatic carbocycles. The number of rotatable bonds is 8. The van der Waals surface area contributed by atoms with Crippen LogP contribution in [0.3, 0.4) is 0 Å². The van der Waals surface area contributed by atoms with Crippen LogP contribution in [0.1, 0.15) is 83.1 Å². The van der Waals surface area contributed by atoms with E-state index in [0.717, 1.165) is 37.1 Å². The maximum atomic E-state index is 13.4. The number of para-hydroxylation sites is 2. The van der Waals surface area contributed by atoms with Crippen molar-refractivity contribution < 1.29 is 14.3 Å². The molecule has 1 amide bonds. The van der Waals surface area contributed by atoms with Gasteiger partial charge in [0.25, 0.3) is 0 Å². The number of piperidine rings is 2. The van der Waals surface area contributed by atoms with Crippen molar-refractivity contribution in [3.63, 3.8) is 0 Å². The number of imidazole rings is 1. The van der Waals surface area contributed by atoms with E-state index in [4.69, 9.17) is 9.72 Å². The summed E-state index contributed by atoms with van der Waals surface area (Å²) in [4.78, 5) is 35.5. The predicted octanol–water partition coefficient (Wildman–Crippen LogP) is 6.05. The lowest BCUT2D eigenvalue weighted by Crippen LogP contribution is -2.52. The van der Waals surface area contributed by atoms with Gasteiger partial charge in [0.2, 0.25) is 5.91 Å². The summed E-state index contributed by atoms with van der Waals surface area (Å²) in [5, 5.41) is 0. The summed E-state index contributed by atoms with van der Waals surface area (Å²) < 4.78 is 7.73. The highest BCUT2D eigenvalue weighted by Crippen LogP contribution is 2.45. The molecule has 4 heterocycles. The van der Waals surface area contributed by atoms with Crippen LogP contribution < -0.4 is 0 Å². The fourth-order valence-electron chi connectivity index (χ4n) is 8.20. The van der Waals surface area contributed by atoms with Crippen LogP contribution in [0.5, 0.6) is 0 Å². The van der Waals surface area contributed by atoms with Gasteiger partial charge in [-0.15, -0.1) is 0 Å². The maximum Gasteiger partial charge on any atom is 0.321 e. The largest absolute Gasteiger partial charge is 0.465 e. The second-order valence-corrected chi connectivity index (χ2v) is 13.3. The number of esters is 1.